The highest BCUT2D eigenvalue weighted by molar-refractivity contribution is 5.95. The predicted molar refractivity (Wildman–Crippen MR) is 77.9 cm³/mol. The Balaban J connectivity index is 2.09. The molecule has 0 aliphatic carbocycles. The van der Waals surface area contributed by atoms with Crippen LogP contribution >= 0.6 is 0 Å². The van der Waals surface area contributed by atoms with Gasteiger partial charge in [-0.05, 0) is 24.1 Å². The number of nitrogens with zero attached hydrogens (tertiary/aromatic N) is 1. The Hall–Kier alpha value is -2.43. The van der Waals surface area contributed by atoms with Gasteiger partial charge in [-0.25, -0.2) is 8.78 Å². The summed E-state index contributed by atoms with van der Waals surface area (Å²) in [5.74, 6) is -2.20. The number of nitrogen functional groups attached to an aromatic ring is 1. The highest BCUT2D eigenvalue weighted by Gasteiger charge is 2.19. The van der Waals surface area contributed by atoms with Crippen LogP contribution in [0.3, 0.4) is 0 Å². The molecule has 0 atom stereocenters. The first-order valence-electron chi connectivity index (χ1n) is 6.53. The smallest absolute Gasteiger partial charge is 0.256 e. The lowest BCUT2D eigenvalue weighted by molar-refractivity contribution is 0.0791. The molecule has 0 saturated heterocycles. The summed E-state index contributed by atoms with van der Waals surface area (Å²) >= 11 is 0. The van der Waals surface area contributed by atoms with Crippen LogP contribution < -0.4 is 5.73 Å². The van der Waals surface area contributed by atoms with Crippen molar-refractivity contribution in [3.05, 3.63) is 65.2 Å². The van der Waals surface area contributed by atoms with E-state index in [4.69, 9.17) is 5.73 Å². The molecule has 0 aromatic heterocycles. The first kappa shape index (κ1) is 15.0. The van der Waals surface area contributed by atoms with E-state index >= 15 is 0 Å². The highest BCUT2D eigenvalue weighted by Crippen LogP contribution is 2.19. The monoisotopic (exact) mass is 290 g/mol. The average molecular weight is 290 g/mol. The number of hydrogen-bond acceptors (Lipinski definition) is 2. The molecule has 2 rings (SSSR count). The Bertz CT molecular complexity index is 644. The number of halogens is 2. The van der Waals surface area contributed by atoms with E-state index < -0.39 is 17.5 Å². The molecule has 0 saturated carbocycles. The maximum absolute atomic E-state index is 13.8. The minimum Gasteiger partial charge on any atom is -0.396 e. The zero-order valence-corrected chi connectivity index (χ0v) is 11.6. The van der Waals surface area contributed by atoms with Gasteiger partial charge in [-0.2, -0.15) is 0 Å². The molecule has 0 aliphatic rings. The van der Waals surface area contributed by atoms with Gasteiger partial charge >= 0.3 is 0 Å². The predicted octanol–water partition coefficient (Wildman–Crippen LogP) is 2.86. The van der Waals surface area contributed by atoms with Gasteiger partial charge in [0, 0.05) is 13.6 Å². The van der Waals surface area contributed by atoms with Crippen molar-refractivity contribution in [2.75, 3.05) is 19.3 Å². The lowest BCUT2D eigenvalue weighted by atomic mass is 10.1. The second kappa shape index (κ2) is 6.35. The third kappa shape index (κ3) is 3.56. The van der Waals surface area contributed by atoms with Crippen molar-refractivity contribution in [1.82, 2.24) is 4.90 Å². The number of benzene rings is 2. The van der Waals surface area contributed by atoms with Crippen LogP contribution in [0.2, 0.25) is 0 Å². The third-order valence-corrected chi connectivity index (χ3v) is 3.22. The second-order valence-corrected chi connectivity index (χ2v) is 4.82. The number of hydrogen-bond donors (Lipinski definition) is 1. The molecule has 2 N–H and O–H groups in total. The third-order valence-electron chi connectivity index (χ3n) is 3.22. The number of amides is 1. The second-order valence-electron chi connectivity index (χ2n) is 4.82. The van der Waals surface area contributed by atoms with Gasteiger partial charge in [0.25, 0.3) is 5.91 Å². The van der Waals surface area contributed by atoms with Gasteiger partial charge in [0.05, 0.1) is 11.3 Å². The summed E-state index contributed by atoms with van der Waals surface area (Å²) in [5, 5.41) is 0. The van der Waals surface area contributed by atoms with E-state index in [2.05, 4.69) is 0 Å². The first-order valence-corrected chi connectivity index (χ1v) is 6.53. The molecular formula is C16H16F2N2O. The molecule has 1 amide bonds. The molecule has 110 valence electrons. The molecule has 0 radical (unpaired) electrons. The minimum atomic E-state index is -0.882. The number of carbonyl (C=O) groups is 1. The van der Waals surface area contributed by atoms with Gasteiger partial charge in [-0.3, -0.25) is 4.79 Å². The molecule has 2 aromatic rings. The topological polar surface area (TPSA) is 46.3 Å². The van der Waals surface area contributed by atoms with E-state index in [0.717, 1.165) is 17.7 Å². The fourth-order valence-corrected chi connectivity index (χ4v) is 2.01. The fraction of sp³-hybridized carbons (Fsp3) is 0.188. The van der Waals surface area contributed by atoms with Crippen molar-refractivity contribution in [2.45, 2.75) is 6.42 Å². The number of anilines is 1. The Morgan fingerprint density at radius 2 is 1.86 bits per heavy atom. The van der Waals surface area contributed by atoms with Crippen molar-refractivity contribution in [3.8, 4) is 0 Å². The van der Waals surface area contributed by atoms with Crippen molar-refractivity contribution in [1.29, 1.82) is 0 Å². The zero-order valence-electron chi connectivity index (χ0n) is 11.6. The average Bonchev–Trinajstić information content (AvgIpc) is 2.48. The largest absolute Gasteiger partial charge is 0.396 e. The van der Waals surface area contributed by atoms with Crippen molar-refractivity contribution in [2.24, 2.45) is 0 Å². The summed E-state index contributed by atoms with van der Waals surface area (Å²) in [5.41, 5.74) is 5.69. The Morgan fingerprint density at radius 3 is 2.52 bits per heavy atom. The summed E-state index contributed by atoms with van der Waals surface area (Å²) in [6.07, 6.45) is 0.634. The van der Waals surface area contributed by atoms with Crippen LogP contribution in [-0.4, -0.2) is 24.4 Å². The van der Waals surface area contributed by atoms with Gasteiger partial charge < -0.3 is 10.6 Å². The molecular weight excluding hydrogens is 274 g/mol. The number of carbonyl (C=O) groups excluding carboxylic acids is 1. The summed E-state index contributed by atoms with van der Waals surface area (Å²) in [7, 11) is 1.55. The summed E-state index contributed by atoms with van der Waals surface area (Å²) in [6.45, 7) is 0.401. The van der Waals surface area contributed by atoms with E-state index in [9.17, 15) is 13.6 Å². The van der Waals surface area contributed by atoms with Crippen LogP contribution in [0, 0.1) is 11.6 Å². The van der Waals surface area contributed by atoms with Gasteiger partial charge in [0.15, 0.2) is 5.82 Å². The SMILES string of the molecule is CN(CCc1ccccc1)C(=O)c1cc(F)cc(N)c1F. The summed E-state index contributed by atoms with van der Waals surface area (Å²) in [6, 6.07) is 11.3. The van der Waals surface area contributed by atoms with E-state index in [1.54, 1.807) is 7.05 Å². The molecule has 0 unspecified atom stereocenters. The molecule has 3 nitrogen and oxygen atoms in total. The van der Waals surface area contributed by atoms with E-state index in [1.165, 1.54) is 4.90 Å². The van der Waals surface area contributed by atoms with Crippen molar-refractivity contribution in [3.63, 3.8) is 0 Å². The quantitative estimate of drug-likeness (QED) is 0.880. The first-order chi connectivity index (χ1) is 9.99. The molecule has 5 heteroatoms. The van der Waals surface area contributed by atoms with Crippen LogP contribution in [0.4, 0.5) is 14.5 Å². The Labute approximate surface area is 122 Å². The number of likely N-dealkylation sites (N-methyl/N-ethyl adjacent to an activating group) is 1. The molecule has 0 bridgehead atoms. The Morgan fingerprint density at radius 1 is 1.19 bits per heavy atom. The maximum atomic E-state index is 13.8. The fourth-order valence-electron chi connectivity index (χ4n) is 2.01. The standard InChI is InChI=1S/C16H16F2N2O/c1-20(8-7-11-5-3-2-4-6-11)16(21)13-9-12(17)10-14(19)15(13)18/h2-6,9-10H,7-8,19H2,1H3. The normalized spacial score (nSPS) is 10.4. The van der Waals surface area contributed by atoms with Crippen LogP contribution in [-0.2, 0) is 6.42 Å². The van der Waals surface area contributed by atoms with Gasteiger partial charge in [0.2, 0.25) is 0 Å². The lowest BCUT2D eigenvalue weighted by Crippen LogP contribution is -2.29. The van der Waals surface area contributed by atoms with Crippen LogP contribution in [0.25, 0.3) is 0 Å². The Kier molecular flexibility index (Phi) is 4.52. The molecule has 0 spiro atoms. The maximum Gasteiger partial charge on any atom is 0.256 e. The highest BCUT2D eigenvalue weighted by atomic mass is 19.1. The van der Waals surface area contributed by atoms with Crippen LogP contribution in [0.1, 0.15) is 15.9 Å². The summed E-state index contributed by atoms with van der Waals surface area (Å²) < 4.78 is 27.1. The van der Waals surface area contributed by atoms with Gasteiger partial charge in [0.1, 0.15) is 5.82 Å². The molecule has 0 fully saturated rings. The van der Waals surface area contributed by atoms with Crippen LogP contribution in [0.15, 0.2) is 42.5 Å². The van der Waals surface area contributed by atoms with Crippen LogP contribution in [0.5, 0.6) is 0 Å². The van der Waals surface area contributed by atoms with E-state index in [0.29, 0.717) is 13.0 Å². The molecule has 21 heavy (non-hydrogen) atoms. The molecule has 0 aliphatic heterocycles. The molecule has 2 aromatic carbocycles. The summed E-state index contributed by atoms with van der Waals surface area (Å²) in [4.78, 5) is 13.5. The number of rotatable bonds is 4. The van der Waals surface area contributed by atoms with Gasteiger partial charge in [-0.15, -0.1) is 0 Å². The lowest BCUT2D eigenvalue weighted by Gasteiger charge is -2.18. The minimum absolute atomic E-state index is 0.344. The zero-order chi connectivity index (χ0) is 15.4. The van der Waals surface area contributed by atoms with Crippen molar-refractivity contribution >= 4 is 11.6 Å². The number of nitrogens with two attached hydrogens (primary N) is 1. The van der Waals surface area contributed by atoms with E-state index in [-0.39, 0.29) is 11.3 Å². The van der Waals surface area contributed by atoms with E-state index in [1.807, 2.05) is 30.3 Å². The molecule has 0 heterocycles. The van der Waals surface area contributed by atoms with Gasteiger partial charge in [-0.1, -0.05) is 30.3 Å². The van der Waals surface area contributed by atoms with Crippen molar-refractivity contribution < 1.29 is 13.6 Å².